The summed E-state index contributed by atoms with van der Waals surface area (Å²) in [6.07, 6.45) is 3.22. The van der Waals surface area contributed by atoms with Gasteiger partial charge in [0.15, 0.2) is 0 Å². The molecular weight excluding hydrogens is 432 g/mol. The van der Waals surface area contributed by atoms with Crippen LogP contribution in [0.5, 0.6) is 0 Å². The van der Waals surface area contributed by atoms with Gasteiger partial charge in [-0.3, -0.25) is 9.59 Å². The lowest BCUT2D eigenvalue weighted by molar-refractivity contribution is -0.116. The summed E-state index contributed by atoms with van der Waals surface area (Å²) in [7, 11) is 0. The van der Waals surface area contributed by atoms with Crippen LogP contribution in [0.2, 0.25) is 0 Å². The average Bonchev–Trinajstić information content (AvgIpc) is 2.74. The molecule has 1 saturated heterocycles. The van der Waals surface area contributed by atoms with Crippen LogP contribution < -0.4 is 5.32 Å². The van der Waals surface area contributed by atoms with Crippen LogP contribution >= 0.6 is 15.9 Å². The van der Waals surface area contributed by atoms with E-state index in [4.69, 9.17) is 4.74 Å². The topological polar surface area (TPSA) is 58.6 Å². The van der Waals surface area contributed by atoms with E-state index in [-0.39, 0.29) is 11.8 Å². The Morgan fingerprint density at radius 2 is 1.79 bits per heavy atom. The van der Waals surface area contributed by atoms with E-state index in [0.717, 1.165) is 29.3 Å². The van der Waals surface area contributed by atoms with Gasteiger partial charge in [-0.2, -0.15) is 0 Å². The van der Waals surface area contributed by atoms with Gasteiger partial charge in [-0.25, -0.2) is 0 Å². The predicted octanol–water partition coefficient (Wildman–Crippen LogP) is 4.58. The van der Waals surface area contributed by atoms with Crippen LogP contribution in [-0.4, -0.2) is 43.0 Å². The van der Waals surface area contributed by atoms with Crippen LogP contribution in [0.1, 0.15) is 40.7 Å². The van der Waals surface area contributed by atoms with Gasteiger partial charge in [-0.1, -0.05) is 34.1 Å². The number of halogens is 1. The van der Waals surface area contributed by atoms with Crippen molar-refractivity contribution in [2.75, 3.05) is 31.6 Å². The molecule has 0 spiro atoms. The highest BCUT2D eigenvalue weighted by Crippen LogP contribution is 2.21. The first-order valence-electron chi connectivity index (χ1n) is 10.1. The Hall–Kier alpha value is -2.18. The fraction of sp³-hybridized carbons (Fsp3) is 0.391. The normalized spacial score (nSPS) is 13.9. The highest BCUT2D eigenvalue weighted by molar-refractivity contribution is 9.10. The second-order valence-corrected chi connectivity index (χ2v) is 8.18. The number of benzene rings is 2. The van der Waals surface area contributed by atoms with Crippen molar-refractivity contribution in [1.29, 1.82) is 0 Å². The average molecular weight is 459 g/mol. The zero-order valence-corrected chi connectivity index (χ0v) is 18.3. The molecule has 0 unspecified atom stereocenters. The number of carbonyl (C=O) groups is 2. The molecule has 6 heteroatoms. The number of rotatable bonds is 7. The molecule has 2 amide bonds. The van der Waals surface area contributed by atoms with Crippen LogP contribution in [0.25, 0.3) is 0 Å². The van der Waals surface area contributed by atoms with Crippen LogP contribution in [0, 0.1) is 6.92 Å². The summed E-state index contributed by atoms with van der Waals surface area (Å²) in [4.78, 5) is 27.0. The summed E-state index contributed by atoms with van der Waals surface area (Å²) in [5.41, 5.74) is 3.44. The van der Waals surface area contributed by atoms with Gasteiger partial charge in [0.2, 0.25) is 5.91 Å². The van der Waals surface area contributed by atoms with Crippen molar-refractivity contribution in [2.45, 2.75) is 32.6 Å². The number of nitrogens with one attached hydrogen (secondary N) is 1. The van der Waals surface area contributed by atoms with Gasteiger partial charge in [-0.15, -0.1) is 0 Å². The number of ether oxygens (including phenoxy) is 1. The Kier molecular flexibility index (Phi) is 7.83. The number of anilines is 1. The van der Waals surface area contributed by atoms with E-state index in [0.29, 0.717) is 44.0 Å². The van der Waals surface area contributed by atoms with Crippen molar-refractivity contribution in [1.82, 2.24) is 4.90 Å². The molecule has 1 fully saturated rings. The molecule has 0 aromatic heterocycles. The van der Waals surface area contributed by atoms with Gasteiger partial charge < -0.3 is 15.0 Å². The van der Waals surface area contributed by atoms with Crippen molar-refractivity contribution >= 4 is 33.4 Å². The molecule has 1 N–H and O–H groups in total. The standard InChI is InChI=1S/C23H27BrN2O3/c1-17-20(23(28)26-13-15-29-16-14-26)6-4-7-21(17)25-22(27)8-3-2-5-18-9-11-19(24)12-10-18/h4,6-7,9-12H,2-3,5,8,13-16H2,1H3,(H,25,27). The molecule has 1 aliphatic heterocycles. The molecule has 2 aromatic carbocycles. The van der Waals surface area contributed by atoms with Crippen LogP contribution in [-0.2, 0) is 16.0 Å². The monoisotopic (exact) mass is 458 g/mol. The molecule has 0 aliphatic carbocycles. The summed E-state index contributed by atoms with van der Waals surface area (Å²) in [5.74, 6) is -0.0173. The van der Waals surface area contributed by atoms with E-state index < -0.39 is 0 Å². The number of hydrogen-bond donors (Lipinski definition) is 1. The fourth-order valence-electron chi connectivity index (χ4n) is 3.42. The molecule has 154 valence electrons. The zero-order chi connectivity index (χ0) is 20.6. The van der Waals surface area contributed by atoms with Gasteiger partial charge >= 0.3 is 0 Å². The highest BCUT2D eigenvalue weighted by Gasteiger charge is 2.21. The Morgan fingerprint density at radius 1 is 1.07 bits per heavy atom. The largest absolute Gasteiger partial charge is 0.378 e. The molecule has 2 aromatic rings. The summed E-state index contributed by atoms with van der Waals surface area (Å²) in [6, 6.07) is 13.8. The number of nitrogens with zero attached hydrogens (tertiary/aromatic N) is 1. The van der Waals surface area contributed by atoms with E-state index in [9.17, 15) is 9.59 Å². The third-order valence-electron chi connectivity index (χ3n) is 5.17. The molecule has 29 heavy (non-hydrogen) atoms. The molecular formula is C23H27BrN2O3. The molecule has 1 heterocycles. The first-order valence-corrected chi connectivity index (χ1v) is 10.8. The van der Waals surface area contributed by atoms with Crippen molar-refractivity contribution in [3.05, 3.63) is 63.6 Å². The quantitative estimate of drug-likeness (QED) is 0.617. The zero-order valence-electron chi connectivity index (χ0n) is 16.7. The van der Waals surface area contributed by atoms with Crippen LogP contribution in [0.15, 0.2) is 46.9 Å². The predicted molar refractivity (Wildman–Crippen MR) is 118 cm³/mol. The third-order valence-corrected chi connectivity index (χ3v) is 5.70. The van der Waals surface area contributed by atoms with Gasteiger partial charge in [0.25, 0.3) is 5.91 Å². The third kappa shape index (κ3) is 6.15. The van der Waals surface area contributed by atoms with E-state index in [1.165, 1.54) is 5.56 Å². The minimum Gasteiger partial charge on any atom is -0.378 e. The lowest BCUT2D eigenvalue weighted by Gasteiger charge is -2.27. The number of unbranched alkanes of at least 4 members (excludes halogenated alkanes) is 1. The van der Waals surface area contributed by atoms with Crippen molar-refractivity contribution in [3.63, 3.8) is 0 Å². The first kappa shape index (κ1) is 21.5. The highest BCUT2D eigenvalue weighted by atomic mass is 79.9. The Morgan fingerprint density at radius 3 is 2.52 bits per heavy atom. The molecule has 0 bridgehead atoms. The maximum atomic E-state index is 12.8. The Balaban J connectivity index is 1.50. The molecule has 0 atom stereocenters. The Bertz CT molecular complexity index is 846. The minimum atomic E-state index is -0.0140. The summed E-state index contributed by atoms with van der Waals surface area (Å²) in [6.45, 7) is 4.24. The number of morpholine rings is 1. The van der Waals surface area contributed by atoms with E-state index in [2.05, 4.69) is 33.4 Å². The van der Waals surface area contributed by atoms with Crippen molar-refractivity contribution < 1.29 is 14.3 Å². The number of carbonyl (C=O) groups excluding carboxylic acids is 2. The summed E-state index contributed by atoms with van der Waals surface area (Å²) < 4.78 is 6.39. The second kappa shape index (κ2) is 10.6. The van der Waals surface area contributed by atoms with Crippen molar-refractivity contribution in [2.24, 2.45) is 0 Å². The Labute approximate surface area is 180 Å². The first-order chi connectivity index (χ1) is 14.0. The fourth-order valence-corrected chi connectivity index (χ4v) is 3.68. The van der Waals surface area contributed by atoms with Gasteiger partial charge in [-0.05, 0) is 61.6 Å². The van der Waals surface area contributed by atoms with Crippen molar-refractivity contribution in [3.8, 4) is 0 Å². The van der Waals surface area contributed by atoms with Gasteiger partial charge in [0.05, 0.1) is 13.2 Å². The van der Waals surface area contributed by atoms with E-state index in [1.54, 1.807) is 4.90 Å². The lowest BCUT2D eigenvalue weighted by Crippen LogP contribution is -2.41. The molecule has 5 nitrogen and oxygen atoms in total. The van der Waals surface area contributed by atoms with Crippen LogP contribution in [0.3, 0.4) is 0 Å². The van der Waals surface area contributed by atoms with Crippen LogP contribution in [0.4, 0.5) is 5.69 Å². The van der Waals surface area contributed by atoms with E-state index >= 15 is 0 Å². The molecule has 0 radical (unpaired) electrons. The molecule has 1 aliphatic rings. The molecule has 3 rings (SSSR count). The summed E-state index contributed by atoms with van der Waals surface area (Å²) in [5, 5.41) is 2.97. The summed E-state index contributed by atoms with van der Waals surface area (Å²) >= 11 is 3.44. The maximum absolute atomic E-state index is 12.8. The maximum Gasteiger partial charge on any atom is 0.254 e. The smallest absolute Gasteiger partial charge is 0.254 e. The second-order valence-electron chi connectivity index (χ2n) is 7.26. The number of aryl methyl sites for hydroxylation is 1. The van der Waals surface area contributed by atoms with Gasteiger partial charge in [0.1, 0.15) is 0 Å². The van der Waals surface area contributed by atoms with Gasteiger partial charge in [0, 0.05) is 35.2 Å². The lowest BCUT2D eigenvalue weighted by atomic mass is 10.0. The minimum absolute atomic E-state index is 0.00334. The SMILES string of the molecule is Cc1c(NC(=O)CCCCc2ccc(Br)cc2)cccc1C(=O)N1CCOCC1. The number of amides is 2. The van der Waals surface area contributed by atoms with E-state index in [1.807, 2.05) is 37.3 Å². The number of hydrogen-bond acceptors (Lipinski definition) is 3. The molecule has 0 saturated carbocycles.